The Balaban J connectivity index is 1.95. The molecule has 2 aromatic rings. The van der Waals surface area contributed by atoms with Gasteiger partial charge in [-0.2, -0.15) is 0 Å². The van der Waals surface area contributed by atoms with Crippen LogP contribution in [0.3, 0.4) is 0 Å². The lowest BCUT2D eigenvalue weighted by molar-refractivity contribution is -0.00516. The molecule has 0 saturated heterocycles. The summed E-state index contributed by atoms with van der Waals surface area (Å²) in [4.78, 5) is 23.9. The van der Waals surface area contributed by atoms with Crippen molar-refractivity contribution in [3.63, 3.8) is 0 Å². The monoisotopic (exact) mass is 426 g/mol. The molecule has 0 radical (unpaired) electrons. The van der Waals surface area contributed by atoms with E-state index in [2.05, 4.69) is 15.0 Å². The van der Waals surface area contributed by atoms with Crippen LogP contribution in [0, 0.1) is 5.82 Å². The number of hydrogen-bond donors (Lipinski definition) is 1. The number of methoxy groups -OCH3 is 1. The lowest BCUT2D eigenvalue weighted by atomic mass is 9.83. The van der Waals surface area contributed by atoms with Crippen LogP contribution < -0.4 is 10.5 Å². The van der Waals surface area contributed by atoms with Crippen molar-refractivity contribution in [1.29, 1.82) is 0 Å². The Morgan fingerprint density at radius 1 is 1.37 bits per heavy atom. The molecule has 1 aliphatic rings. The quantitative estimate of drug-likeness (QED) is 0.540. The van der Waals surface area contributed by atoms with Crippen molar-refractivity contribution in [3.05, 3.63) is 53.2 Å². The first-order valence-corrected chi connectivity index (χ1v) is 8.83. The van der Waals surface area contributed by atoms with Gasteiger partial charge < -0.3 is 15.2 Å². The summed E-state index contributed by atoms with van der Waals surface area (Å²) in [6.45, 7) is -1.10. The Kier molecular flexibility index (Phi) is 6.18. The van der Waals surface area contributed by atoms with Gasteiger partial charge in [0, 0.05) is 18.4 Å². The Morgan fingerprint density at radius 3 is 2.73 bits per heavy atom. The van der Waals surface area contributed by atoms with Crippen molar-refractivity contribution in [1.82, 2.24) is 9.97 Å². The Morgan fingerprint density at radius 2 is 2.13 bits per heavy atom. The summed E-state index contributed by atoms with van der Waals surface area (Å²) < 4.78 is 65.5. The van der Waals surface area contributed by atoms with E-state index in [1.54, 1.807) is 0 Å². The molecule has 30 heavy (non-hydrogen) atoms. The Hall–Kier alpha value is -3.24. The summed E-state index contributed by atoms with van der Waals surface area (Å²) >= 11 is 0. The van der Waals surface area contributed by atoms with Crippen molar-refractivity contribution in [2.45, 2.75) is 30.9 Å². The third-order valence-corrected chi connectivity index (χ3v) is 4.65. The van der Waals surface area contributed by atoms with Crippen LogP contribution in [0.1, 0.15) is 28.0 Å². The van der Waals surface area contributed by atoms with Crippen LogP contribution in [-0.2, 0) is 16.7 Å². The maximum Gasteiger partial charge on any atom is 0.283 e. The minimum Gasteiger partial charge on any atom is -0.480 e. The second kappa shape index (κ2) is 8.64. The van der Waals surface area contributed by atoms with Gasteiger partial charge in [-0.25, -0.2) is 32.5 Å². The van der Waals surface area contributed by atoms with Gasteiger partial charge in [-0.05, 0) is 17.7 Å². The van der Waals surface area contributed by atoms with E-state index in [4.69, 9.17) is 15.2 Å². The highest BCUT2D eigenvalue weighted by molar-refractivity contribution is 5.95. The number of Topliss-reactive ketones (excluding diaryl/α,β-unsaturated/α-hetero) is 1. The van der Waals surface area contributed by atoms with Crippen LogP contribution in [0.4, 0.5) is 17.6 Å². The predicted octanol–water partition coefficient (Wildman–Crippen LogP) is 2.58. The summed E-state index contributed by atoms with van der Waals surface area (Å²) in [5, 5.41) is 0. The Labute approximate surface area is 168 Å². The third kappa shape index (κ3) is 4.19. The average molecular weight is 426 g/mol. The molecule has 0 aliphatic carbocycles. The number of nitrogens with two attached hydrogens (primary N) is 1. The number of aromatic nitrogens is 2. The minimum atomic E-state index is -3.19. The number of carbonyl (C=O) groups is 1. The second-order valence-corrected chi connectivity index (χ2v) is 6.63. The summed E-state index contributed by atoms with van der Waals surface area (Å²) in [5.41, 5.74) is 2.79. The maximum atomic E-state index is 14.6. The van der Waals surface area contributed by atoms with Gasteiger partial charge in [0.05, 0.1) is 19.5 Å². The number of halogens is 4. The summed E-state index contributed by atoms with van der Waals surface area (Å²) in [5.74, 6) is -1.23. The number of ketones is 1. The molecule has 1 aromatic carbocycles. The molecule has 2 atom stereocenters. The van der Waals surface area contributed by atoms with Crippen molar-refractivity contribution in [3.8, 4) is 5.88 Å². The van der Waals surface area contributed by atoms with Crippen LogP contribution in [0.2, 0.25) is 0 Å². The molecule has 160 valence electrons. The highest BCUT2D eigenvalue weighted by atomic mass is 19.3. The van der Waals surface area contributed by atoms with Gasteiger partial charge in [0.1, 0.15) is 24.3 Å². The van der Waals surface area contributed by atoms with Crippen LogP contribution in [0.25, 0.3) is 0 Å². The number of hydrogen-bond acceptors (Lipinski definition) is 7. The number of rotatable bonds is 7. The molecule has 0 unspecified atom stereocenters. The molecular formula is C19H18F4N4O3. The standard InChI is InChI=1S/C19H18F4N4O3/c1-29-16-9-25-14(8-26-16)15(28)5-10-2-3-13(21)12(4-10)19(17(22)23)6-11(7-20)30-18(24)27-19/h2-4,8-9,11,17H,5-7H2,1H3,(H2,24,27)/t11-,19-/m0/s1. The molecule has 11 heteroatoms. The predicted molar refractivity (Wildman–Crippen MR) is 97.8 cm³/mol. The summed E-state index contributed by atoms with van der Waals surface area (Å²) in [6.07, 6.45) is -2.89. The molecule has 0 saturated carbocycles. The fraction of sp³-hybridized carbons (Fsp3) is 0.368. The lowest BCUT2D eigenvalue weighted by Gasteiger charge is -2.36. The van der Waals surface area contributed by atoms with Crippen LogP contribution in [-0.4, -0.2) is 48.1 Å². The molecule has 2 heterocycles. The maximum absolute atomic E-state index is 14.6. The van der Waals surface area contributed by atoms with Crippen LogP contribution in [0.5, 0.6) is 5.88 Å². The van der Waals surface area contributed by atoms with Crippen molar-refractivity contribution >= 4 is 11.8 Å². The number of nitrogens with zero attached hydrogens (tertiary/aromatic N) is 3. The van der Waals surface area contributed by atoms with E-state index in [-0.39, 0.29) is 23.6 Å². The lowest BCUT2D eigenvalue weighted by Crippen LogP contribution is -2.46. The van der Waals surface area contributed by atoms with Crippen molar-refractivity contribution in [2.24, 2.45) is 10.7 Å². The number of amidine groups is 1. The molecule has 2 N–H and O–H groups in total. The van der Waals surface area contributed by atoms with Crippen LogP contribution >= 0.6 is 0 Å². The van der Waals surface area contributed by atoms with Gasteiger partial charge in [-0.3, -0.25) is 4.79 Å². The topological polar surface area (TPSA) is 99.7 Å². The highest BCUT2D eigenvalue weighted by Gasteiger charge is 2.49. The number of carbonyl (C=O) groups excluding carboxylic acids is 1. The van der Waals surface area contributed by atoms with E-state index < -0.39 is 54.3 Å². The first kappa shape index (κ1) is 21.5. The van der Waals surface area contributed by atoms with Gasteiger partial charge >= 0.3 is 0 Å². The van der Waals surface area contributed by atoms with Gasteiger partial charge in [0.15, 0.2) is 11.3 Å². The highest BCUT2D eigenvalue weighted by Crippen LogP contribution is 2.42. The molecule has 1 aromatic heterocycles. The van der Waals surface area contributed by atoms with Gasteiger partial charge in [0.2, 0.25) is 5.88 Å². The van der Waals surface area contributed by atoms with E-state index in [1.165, 1.54) is 25.6 Å². The van der Waals surface area contributed by atoms with Crippen LogP contribution in [0.15, 0.2) is 35.6 Å². The average Bonchev–Trinajstić information content (AvgIpc) is 2.74. The fourth-order valence-corrected chi connectivity index (χ4v) is 3.20. The zero-order valence-corrected chi connectivity index (χ0v) is 15.8. The molecule has 1 aliphatic heterocycles. The van der Waals surface area contributed by atoms with E-state index in [9.17, 15) is 22.4 Å². The largest absolute Gasteiger partial charge is 0.480 e. The van der Waals surface area contributed by atoms with Gasteiger partial charge in [-0.1, -0.05) is 6.07 Å². The van der Waals surface area contributed by atoms with Gasteiger partial charge in [0.25, 0.3) is 12.4 Å². The third-order valence-electron chi connectivity index (χ3n) is 4.65. The number of alkyl halides is 3. The molecule has 0 spiro atoms. The molecule has 0 fully saturated rings. The van der Waals surface area contributed by atoms with Crippen molar-refractivity contribution < 1.29 is 31.8 Å². The SMILES string of the molecule is COc1cnc(C(=O)Cc2ccc(F)c([C@]3(C(F)F)C[C@@H](CF)OC(N)=N3)c2)cn1. The molecule has 7 nitrogen and oxygen atoms in total. The van der Waals surface area contributed by atoms with E-state index >= 15 is 0 Å². The fourth-order valence-electron chi connectivity index (χ4n) is 3.20. The first-order chi connectivity index (χ1) is 14.3. The normalized spacial score (nSPS) is 21.1. The summed E-state index contributed by atoms with van der Waals surface area (Å²) in [6, 6.07) is 2.69. The molecule has 0 amide bonds. The zero-order chi connectivity index (χ0) is 21.9. The Bertz CT molecular complexity index is 955. The molecule has 0 bridgehead atoms. The van der Waals surface area contributed by atoms with Gasteiger partial charge in [-0.15, -0.1) is 0 Å². The van der Waals surface area contributed by atoms with E-state index in [0.717, 1.165) is 12.1 Å². The van der Waals surface area contributed by atoms with E-state index in [0.29, 0.717) is 0 Å². The molecule has 3 rings (SSSR count). The van der Waals surface area contributed by atoms with Crippen molar-refractivity contribution in [2.75, 3.05) is 13.8 Å². The minimum absolute atomic E-state index is 0.0241. The number of benzene rings is 1. The smallest absolute Gasteiger partial charge is 0.283 e. The second-order valence-electron chi connectivity index (χ2n) is 6.63. The molecular weight excluding hydrogens is 408 g/mol. The first-order valence-electron chi connectivity index (χ1n) is 8.83. The number of ether oxygens (including phenoxy) is 2. The van der Waals surface area contributed by atoms with E-state index in [1.807, 2.05) is 0 Å². The zero-order valence-electron chi connectivity index (χ0n) is 15.8. The summed E-state index contributed by atoms with van der Waals surface area (Å²) in [7, 11) is 1.39. The number of aliphatic imine (C=N–C) groups is 1.